The zero-order chi connectivity index (χ0) is 10.9. The van der Waals surface area contributed by atoms with Crippen LogP contribution >= 0.6 is 31.9 Å². The molecular formula is C8H6Br2F3N. The van der Waals surface area contributed by atoms with E-state index in [-0.39, 0.29) is 11.0 Å². The summed E-state index contributed by atoms with van der Waals surface area (Å²) in [5.41, 5.74) is 5.02. The minimum atomic E-state index is -4.37. The molecule has 0 fully saturated rings. The number of hydrogen-bond acceptors (Lipinski definition) is 1. The number of rotatable bonds is 1. The lowest BCUT2D eigenvalue weighted by molar-refractivity contribution is -0.138. The molecule has 1 nitrogen and oxygen atoms in total. The van der Waals surface area contributed by atoms with Crippen molar-refractivity contribution in [2.75, 3.05) is 0 Å². The van der Waals surface area contributed by atoms with Gasteiger partial charge in [-0.05, 0) is 33.6 Å². The lowest BCUT2D eigenvalue weighted by Crippen LogP contribution is -2.09. The van der Waals surface area contributed by atoms with E-state index in [9.17, 15) is 13.2 Å². The summed E-state index contributed by atoms with van der Waals surface area (Å²) in [4.78, 5) is 0. The summed E-state index contributed by atoms with van der Waals surface area (Å²) in [5, 5.41) is 0. The molecule has 0 aliphatic carbocycles. The average Bonchev–Trinajstić information content (AvgIpc) is 2.06. The summed E-state index contributed by atoms with van der Waals surface area (Å²) < 4.78 is 37.7. The lowest BCUT2D eigenvalue weighted by atomic mass is 10.1. The Morgan fingerprint density at radius 2 is 1.79 bits per heavy atom. The van der Waals surface area contributed by atoms with Crippen molar-refractivity contribution in [3.63, 3.8) is 0 Å². The van der Waals surface area contributed by atoms with Gasteiger partial charge < -0.3 is 5.73 Å². The van der Waals surface area contributed by atoms with Crippen LogP contribution in [0.15, 0.2) is 21.1 Å². The Balaban J connectivity index is 3.37. The van der Waals surface area contributed by atoms with Gasteiger partial charge in [-0.3, -0.25) is 0 Å². The molecule has 0 heterocycles. The number of alkyl halides is 3. The molecule has 2 N–H and O–H groups in total. The van der Waals surface area contributed by atoms with Crippen LogP contribution in [0.1, 0.15) is 11.1 Å². The fraction of sp³-hybridized carbons (Fsp3) is 0.250. The molecule has 1 rings (SSSR count). The van der Waals surface area contributed by atoms with E-state index in [0.29, 0.717) is 10.0 Å². The number of nitrogens with two attached hydrogens (primary N) is 1. The minimum absolute atomic E-state index is 0.00991. The molecule has 0 radical (unpaired) electrons. The Morgan fingerprint density at radius 1 is 1.21 bits per heavy atom. The van der Waals surface area contributed by atoms with Crippen molar-refractivity contribution in [3.8, 4) is 0 Å². The molecule has 0 aliphatic rings. The van der Waals surface area contributed by atoms with Gasteiger partial charge in [-0.2, -0.15) is 13.2 Å². The topological polar surface area (TPSA) is 26.0 Å². The molecule has 6 heteroatoms. The van der Waals surface area contributed by atoms with Crippen LogP contribution in [0.4, 0.5) is 13.2 Å². The van der Waals surface area contributed by atoms with Crippen molar-refractivity contribution in [1.29, 1.82) is 0 Å². The van der Waals surface area contributed by atoms with Crippen LogP contribution in [0.3, 0.4) is 0 Å². The van der Waals surface area contributed by atoms with E-state index in [1.165, 1.54) is 0 Å². The van der Waals surface area contributed by atoms with E-state index in [1.807, 2.05) is 0 Å². The smallest absolute Gasteiger partial charge is 0.326 e. The predicted octanol–water partition coefficient (Wildman–Crippen LogP) is 3.69. The maximum absolute atomic E-state index is 12.5. The monoisotopic (exact) mass is 331 g/mol. The highest BCUT2D eigenvalue weighted by molar-refractivity contribution is 9.11. The Kier molecular flexibility index (Phi) is 3.60. The van der Waals surface area contributed by atoms with Gasteiger partial charge in [0.1, 0.15) is 0 Å². The van der Waals surface area contributed by atoms with Gasteiger partial charge in [0.15, 0.2) is 0 Å². The third-order valence-corrected chi connectivity index (χ3v) is 3.03. The summed E-state index contributed by atoms with van der Waals surface area (Å²) in [6.07, 6.45) is -4.37. The number of benzene rings is 1. The van der Waals surface area contributed by atoms with Gasteiger partial charge in [0, 0.05) is 15.5 Å². The van der Waals surface area contributed by atoms with Gasteiger partial charge in [0.05, 0.1) is 5.56 Å². The van der Waals surface area contributed by atoms with Crippen LogP contribution in [0.25, 0.3) is 0 Å². The van der Waals surface area contributed by atoms with Gasteiger partial charge in [0.25, 0.3) is 0 Å². The molecule has 14 heavy (non-hydrogen) atoms. The van der Waals surface area contributed by atoms with E-state index in [2.05, 4.69) is 31.9 Å². The molecule has 0 unspecified atom stereocenters. The first-order chi connectivity index (χ1) is 6.36. The van der Waals surface area contributed by atoms with Crippen LogP contribution in [0.2, 0.25) is 0 Å². The predicted molar refractivity (Wildman–Crippen MR) is 54.7 cm³/mol. The SMILES string of the molecule is NCc1cc(Br)cc(C(F)(F)F)c1Br. The second-order valence-corrected chi connectivity index (χ2v) is 4.34. The van der Waals surface area contributed by atoms with Crippen molar-refractivity contribution < 1.29 is 13.2 Å². The highest BCUT2D eigenvalue weighted by Gasteiger charge is 2.34. The third-order valence-electron chi connectivity index (χ3n) is 1.64. The molecule has 78 valence electrons. The zero-order valence-corrected chi connectivity index (χ0v) is 10.0. The second-order valence-electron chi connectivity index (χ2n) is 2.63. The van der Waals surface area contributed by atoms with Gasteiger partial charge in [-0.25, -0.2) is 0 Å². The standard InChI is InChI=1S/C8H6Br2F3N/c9-5-1-4(3-14)7(10)6(2-5)8(11,12)13/h1-2H,3,14H2. The van der Waals surface area contributed by atoms with Gasteiger partial charge in [0.2, 0.25) is 0 Å². The number of hydrogen-bond donors (Lipinski definition) is 1. The molecule has 0 amide bonds. The first kappa shape index (κ1) is 12.0. The van der Waals surface area contributed by atoms with E-state index >= 15 is 0 Å². The van der Waals surface area contributed by atoms with E-state index in [4.69, 9.17) is 5.73 Å². The largest absolute Gasteiger partial charge is 0.417 e. The molecule has 0 atom stereocenters. The lowest BCUT2D eigenvalue weighted by Gasteiger charge is -2.12. The Hall–Kier alpha value is -0.0700. The molecule has 0 saturated heterocycles. The molecule has 0 saturated carbocycles. The van der Waals surface area contributed by atoms with Crippen molar-refractivity contribution in [2.45, 2.75) is 12.7 Å². The number of halogens is 5. The van der Waals surface area contributed by atoms with Gasteiger partial charge in [-0.1, -0.05) is 15.9 Å². The third kappa shape index (κ3) is 2.49. The van der Waals surface area contributed by atoms with E-state index in [0.717, 1.165) is 6.07 Å². The Labute approximate surface area is 95.7 Å². The van der Waals surface area contributed by atoms with Crippen LogP contribution < -0.4 is 5.73 Å². The molecular weight excluding hydrogens is 327 g/mol. The highest BCUT2D eigenvalue weighted by Crippen LogP contribution is 2.38. The maximum atomic E-state index is 12.5. The molecule has 0 aliphatic heterocycles. The van der Waals surface area contributed by atoms with E-state index in [1.54, 1.807) is 6.07 Å². The van der Waals surface area contributed by atoms with E-state index < -0.39 is 11.7 Å². The fourth-order valence-electron chi connectivity index (χ4n) is 1.00. The Bertz CT molecular complexity index is 349. The summed E-state index contributed by atoms with van der Waals surface area (Å²) in [6.45, 7) is 0.0586. The zero-order valence-electron chi connectivity index (χ0n) is 6.83. The van der Waals surface area contributed by atoms with Crippen molar-refractivity contribution >= 4 is 31.9 Å². The summed E-state index contributed by atoms with van der Waals surface area (Å²) in [7, 11) is 0. The maximum Gasteiger partial charge on any atom is 0.417 e. The Morgan fingerprint density at radius 3 is 2.21 bits per heavy atom. The second kappa shape index (κ2) is 4.20. The van der Waals surface area contributed by atoms with Crippen LogP contribution in [-0.2, 0) is 12.7 Å². The molecule has 1 aromatic rings. The summed E-state index contributed by atoms with van der Waals surface area (Å²) >= 11 is 5.89. The van der Waals surface area contributed by atoms with Crippen LogP contribution in [0.5, 0.6) is 0 Å². The van der Waals surface area contributed by atoms with Crippen molar-refractivity contribution in [2.24, 2.45) is 5.73 Å². The van der Waals surface area contributed by atoms with Gasteiger partial charge in [-0.15, -0.1) is 0 Å². The van der Waals surface area contributed by atoms with Crippen molar-refractivity contribution in [3.05, 3.63) is 32.2 Å². The molecule has 1 aromatic carbocycles. The van der Waals surface area contributed by atoms with Crippen molar-refractivity contribution in [1.82, 2.24) is 0 Å². The summed E-state index contributed by atoms with van der Waals surface area (Å²) in [5.74, 6) is 0. The highest BCUT2D eigenvalue weighted by atomic mass is 79.9. The van der Waals surface area contributed by atoms with Gasteiger partial charge >= 0.3 is 6.18 Å². The first-order valence-electron chi connectivity index (χ1n) is 3.61. The summed E-state index contributed by atoms with van der Waals surface area (Å²) in [6, 6.07) is 2.57. The molecule has 0 spiro atoms. The minimum Gasteiger partial charge on any atom is -0.326 e. The quantitative estimate of drug-likeness (QED) is 0.834. The average molecular weight is 333 g/mol. The van der Waals surface area contributed by atoms with Crippen LogP contribution in [-0.4, -0.2) is 0 Å². The molecule has 0 aromatic heterocycles. The molecule has 0 bridgehead atoms. The van der Waals surface area contributed by atoms with Crippen LogP contribution in [0, 0.1) is 0 Å². The normalized spacial score (nSPS) is 11.9. The fourth-order valence-corrected chi connectivity index (χ4v) is 2.12. The first-order valence-corrected chi connectivity index (χ1v) is 5.20.